The van der Waals surface area contributed by atoms with Gasteiger partial charge in [0, 0.05) is 18.5 Å². The van der Waals surface area contributed by atoms with E-state index in [1.165, 1.54) is 12.0 Å². The van der Waals surface area contributed by atoms with E-state index in [-0.39, 0.29) is 5.82 Å². The average molecular weight is 301 g/mol. The fourth-order valence-corrected chi connectivity index (χ4v) is 3.05. The van der Waals surface area contributed by atoms with Crippen LogP contribution in [0.3, 0.4) is 0 Å². The molecule has 0 bridgehead atoms. The Morgan fingerprint density at radius 1 is 1.24 bits per heavy atom. The maximum absolute atomic E-state index is 12.9. The van der Waals surface area contributed by atoms with Crippen LogP contribution in [0.25, 0.3) is 0 Å². The third kappa shape index (κ3) is 3.78. The van der Waals surface area contributed by atoms with E-state index in [9.17, 15) is 4.39 Å². The van der Waals surface area contributed by atoms with Crippen molar-refractivity contribution in [2.75, 3.05) is 18.5 Å². The van der Waals surface area contributed by atoms with E-state index >= 15 is 0 Å². The standard InChI is InChI=1S/C14H18BrFO/c15-10-13(9-11-5-7-17-8-6-11)12-1-3-14(16)4-2-12/h1-4,11,13H,5-10H2. The molecule has 0 spiro atoms. The number of benzene rings is 1. The van der Waals surface area contributed by atoms with E-state index in [1.54, 1.807) is 12.1 Å². The van der Waals surface area contributed by atoms with Crippen LogP contribution < -0.4 is 0 Å². The summed E-state index contributed by atoms with van der Waals surface area (Å²) in [6.45, 7) is 1.78. The molecule has 1 fully saturated rings. The molecule has 1 heterocycles. The predicted octanol–water partition coefficient (Wildman–Crippen LogP) is 4.12. The van der Waals surface area contributed by atoms with Crippen LogP contribution in [0.1, 0.15) is 30.7 Å². The molecule has 1 atom stereocenters. The molecule has 2 rings (SSSR count). The zero-order chi connectivity index (χ0) is 12.1. The monoisotopic (exact) mass is 300 g/mol. The summed E-state index contributed by atoms with van der Waals surface area (Å²) in [5.74, 6) is 1.07. The SMILES string of the molecule is Fc1ccc(C(CBr)CC2CCOCC2)cc1. The summed E-state index contributed by atoms with van der Waals surface area (Å²) in [5.41, 5.74) is 1.23. The molecule has 1 unspecified atom stereocenters. The van der Waals surface area contributed by atoms with Gasteiger partial charge in [-0.05, 0) is 48.8 Å². The third-order valence-corrected chi connectivity index (χ3v) is 4.27. The van der Waals surface area contributed by atoms with Crippen molar-refractivity contribution in [3.8, 4) is 0 Å². The minimum atomic E-state index is -0.159. The second-order valence-electron chi connectivity index (χ2n) is 4.69. The molecule has 0 aromatic heterocycles. The van der Waals surface area contributed by atoms with Crippen molar-refractivity contribution in [1.29, 1.82) is 0 Å². The molecular weight excluding hydrogens is 283 g/mol. The molecule has 1 aliphatic rings. The van der Waals surface area contributed by atoms with Crippen molar-refractivity contribution in [3.63, 3.8) is 0 Å². The molecule has 1 aromatic rings. The molecular formula is C14H18BrFO. The lowest BCUT2D eigenvalue weighted by atomic mass is 9.86. The van der Waals surface area contributed by atoms with Crippen molar-refractivity contribution in [3.05, 3.63) is 35.6 Å². The molecule has 1 aliphatic heterocycles. The topological polar surface area (TPSA) is 9.23 Å². The van der Waals surface area contributed by atoms with Gasteiger partial charge in [-0.25, -0.2) is 4.39 Å². The van der Waals surface area contributed by atoms with E-state index in [0.29, 0.717) is 5.92 Å². The number of hydrogen-bond acceptors (Lipinski definition) is 1. The van der Waals surface area contributed by atoms with Crippen LogP contribution in [0, 0.1) is 11.7 Å². The van der Waals surface area contributed by atoms with Gasteiger partial charge in [0.2, 0.25) is 0 Å². The van der Waals surface area contributed by atoms with Crippen molar-refractivity contribution >= 4 is 15.9 Å². The Balaban J connectivity index is 1.97. The maximum atomic E-state index is 12.9. The fraction of sp³-hybridized carbons (Fsp3) is 0.571. The number of ether oxygens (including phenoxy) is 1. The Labute approximate surface area is 110 Å². The van der Waals surface area contributed by atoms with Crippen LogP contribution in [0.15, 0.2) is 24.3 Å². The molecule has 94 valence electrons. The lowest BCUT2D eigenvalue weighted by Gasteiger charge is -2.26. The highest BCUT2D eigenvalue weighted by molar-refractivity contribution is 9.09. The summed E-state index contributed by atoms with van der Waals surface area (Å²) < 4.78 is 18.3. The minimum Gasteiger partial charge on any atom is -0.381 e. The van der Waals surface area contributed by atoms with Gasteiger partial charge in [-0.1, -0.05) is 28.1 Å². The first-order valence-corrected chi connectivity index (χ1v) is 7.31. The highest BCUT2D eigenvalue weighted by atomic mass is 79.9. The van der Waals surface area contributed by atoms with E-state index < -0.39 is 0 Å². The van der Waals surface area contributed by atoms with Crippen LogP contribution in [0.2, 0.25) is 0 Å². The van der Waals surface area contributed by atoms with Gasteiger partial charge in [0.25, 0.3) is 0 Å². The minimum absolute atomic E-state index is 0.159. The molecule has 0 N–H and O–H groups in total. The lowest BCUT2D eigenvalue weighted by Crippen LogP contribution is -2.18. The summed E-state index contributed by atoms with van der Waals surface area (Å²) in [7, 11) is 0. The Morgan fingerprint density at radius 3 is 2.47 bits per heavy atom. The summed E-state index contributed by atoms with van der Waals surface area (Å²) in [5, 5.41) is 0.940. The maximum Gasteiger partial charge on any atom is 0.123 e. The Kier molecular flexibility index (Phi) is 4.99. The van der Waals surface area contributed by atoms with E-state index in [0.717, 1.165) is 37.3 Å². The molecule has 0 saturated carbocycles. The smallest absolute Gasteiger partial charge is 0.123 e. The first kappa shape index (κ1) is 13.0. The van der Waals surface area contributed by atoms with E-state index in [1.807, 2.05) is 12.1 Å². The fourth-order valence-electron chi connectivity index (χ4n) is 2.41. The average Bonchev–Trinajstić information content (AvgIpc) is 2.38. The largest absolute Gasteiger partial charge is 0.381 e. The van der Waals surface area contributed by atoms with Crippen molar-refractivity contribution in [1.82, 2.24) is 0 Å². The van der Waals surface area contributed by atoms with E-state index in [4.69, 9.17) is 4.74 Å². The van der Waals surface area contributed by atoms with E-state index in [2.05, 4.69) is 15.9 Å². The van der Waals surface area contributed by atoms with Crippen LogP contribution in [0.5, 0.6) is 0 Å². The quantitative estimate of drug-likeness (QED) is 0.760. The second-order valence-corrected chi connectivity index (χ2v) is 5.34. The zero-order valence-corrected chi connectivity index (χ0v) is 11.5. The van der Waals surface area contributed by atoms with Gasteiger partial charge < -0.3 is 4.74 Å². The summed E-state index contributed by atoms with van der Waals surface area (Å²) in [6, 6.07) is 6.91. The van der Waals surface area contributed by atoms with Gasteiger partial charge in [-0.3, -0.25) is 0 Å². The van der Waals surface area contributed by atoms with Gasteiger partial charge in [0.15, 0.2) is 0 Å². The number of rotatable bonds is 4. The first-order valence-electron chi connectivity index (χ1n) is 6.18. The van der Waals surface area contributed by atoms with Crippen molar-refractivity contribution in [2.45, 2.75) is 25.2 Å². The predicted molar refractivity (Wildman–Crippen MR) is 71.1 cm³/mol. The van der Waals surface area contributed by atoms with Crippen LogP contribution in [0.4, 0.5) is 4.39 Å². The van der Waals surface area contributed by atoms with Crippen molar-refractivity contribution in [2.24, 2.45) is 5.92 Å². The summed E-state index contributed by atoms with van der Waals surface area (Å²) >= 11 is 3.57. The molecule has 0 amide bonds. The highest BCUT2D eigenvalue weighted by Crippen LogP contribution is 2.30. The van der Waals surface area contributed by atoms with Crippen LogP contribution in [-0.2, 0) is 4.74 Å². The van der Waals surface area contributed by atoms with Crippen LogP contribution in [-0.4, -0.2) is 18.5 Å². The Hall–Kier alpha value is -0.410. The molecule has 1 nitrogen and oxygen atoms in total. The first-order chi connectivity index (χ1) is 8.29. The van der Waals surface area contributed by atoms with Crippen LogP contribution >= 0.6 is 15.9 Å². The normalized spacial score (nSPS) is 19.2. The lowest BCUT2D eigenvalue weighted by molar-refractivity contribution is 0.0623. The molecule has 1 aromatic carbocycles. The van der Waals surface area contributed by atoms with Crippen molar-refractivity contribution < 1.29 is 9.13 Å². The number of alkyl halides is 1. The molecule has 0 radical (unpaired) electrons. The van der Waals surface area contributed by atoms with Gasteiger partial charge in [0.1, 0.15) is 5.82 Å². The third-order valence-electron chi connectivity index (χ3n) is 3.49. The molecule has 3 heteroatoms. The number of halogens is 2. The highest BCUT2D eigenvalue weighted by Gasteiger charge is 2.19. The van der Waals surface area contributed by atoms with Gasteiger partial charge in [0.05, 0.1) is 0 Å². The Bertz CT molecular complexity index is 333. The molecule has 1 saturated heterocycles. The van der Waals surface area contributed by atoms with Gasteiger partial charge in [-0.2, -0.15) is 0 Å². The molecule has 17 heavy (non-hydrogen) atoms. The summed E-state index contributed by atoms with van der Waals surface area (Å²) in [6.07, 6.45) is 3.48. The number of hydrogen-bond donors (Lipinski definition) is 0. The summed E-state index contributed by atoms with van der Waals surface area (Å²) in [4.78, 5) is 0. The van der Waals surface area contributed by atoms with Gasteiger partial charge in [-0.15, -0.1) is 0 Å². The zero-order valence-electron chi connectivity index (χ0n) is 9.87. The molecule has 0 aliphatic carbocycles. The Morgan fingerprint density at radius 2 is 1.88 bits per heavy atom. The second kappa shape index (κ2) is 6.50. The van der Waals surface area contributed by atoms with Gasteiger partial charge >= 0.3 is 0 Å².